The zero-order valence-electron chi connectivity index (χ0n) is 17.4. The molecule has 3 aromatic rings. The van der Waals surface area contributed by atoms with Gasteiger partial charge >= 0.3 is 0 Å². The molecule has 0 aliphatic heterocycles. The van der Waals surface area contributed by atoms with Gasteiger partial charge in [0, 0.05) is 31.0 Å². The minimum Gasteiger partial charge on any atom is -0.444 e. The Hall–Kier alpha value is -2.46. The number of rotatable bonds is 9. The molecular weight excluding hydrogens is 510 g/mol. The van der Waals surface area contributed by atoms with Gasteiger partial charge in [-0.25, -0.2) is 9.37 Å². The van der Waals surface area contributed by atoms with Gasteiger partial charge in [-0.15, -0.1) is 24.0 Å². The van der Waals surface area contributed by atoms with Gasteiger partial charge < -0.3 is 20.2 Å². The van der Waals surface area contributed by atoms with Crippen molar-refractivity contribution in [2.24, 2.45) is 4.99 Å². The highest BCUT2D eigenvalue weighted by Gasteiger charge is 2.10. The van der Waals surface area contributed by atoms with Crippen molar-refractivity contribution in [3.63, 3.8) is 0 Å². The molecule has 166 valence electrons. The van der Waals surface area contributed by atoms with Crippen LogP contribution in [0.1, 0.15) is 24.1 Å². The maximum atomic E-state index is 13.1. The van der Waals surface area contributed by atoms with E-state index in [2.05, 4.69) is 20.6 Å². The average Bonchev–Trinajstić information content (AvgIpc) is 3.24. The molecule has 6 nitrogen and oxygen atoms in total. The van der Waals surface area contributed by atoms with E-state index in [0.717, 1.165) is 23.4 Å². The van der Waals surface area contributed by atoms with E-state index < -0.39 is 0 Å². The number of nitrogens with zero attached hydrogens (tertiary/aromatic N) is 2. The SMILES string of the molecule is CCNC(=NCC(CO)c1ccccc1)NCCc1coc(-c2ccc(F)cc2)n1.I. The second-order valence-electron chi connectivity index (χ2n) is 6.84. The summed E-state index contributed by atoms with van der Waals surface area (Å²) in [4.78, 5) is 9.07. The van der Waals surface area contributed by atoms with Crippen LogP contribution in [0, 0.1) is 5.82 Å². The molecule has 0 saturated heterocycles. The van der Waals surface area contributed by atoms with Crippen LogP contribution >= 0.6 is 24.0 Å². The monoisotopic (exact) mass is 538 g/mol. The first-order valence-electron chi connectivity index (χ1n) is 10.1. The van der Waals surface area contributed by atoms with Gasteiger partial charge in [0.05, 0.1) is 18.8 Å². The highest BCUT2D eigenvalue weighted by atomic mass is 127. The molecule has 1 aromatic heterocycles. The molecule has 1 heterocycles. The zero-order valence-corrected chi connectivity index (χ0v) is 19.8. The van der Waals surface area contributed by atoms with Gasteiger partial charge in [0.15, 0.2) is 5.96 Å². The first-order chi connectivity index (χ1) is 14.7. The Bertz CT molecular complexity index is 932. The highest BCUT2D eigenvalue weighted by Crippen LogP contribution is 2.19. The lowest BCUT2D eigenvalue weighted by Gasteiger charge is -2.15. The van der Waals surface area contributed by atoms with E-state index in [1.807, 2.05) is 37.3 Å². The van der Waals surface area contributed by atoms with E-state index in [0.29, 0.717) is 31.4 Å². The smallest absolute Gasteiger partial charge is 0.226 e. The summed E-state index contributed by atoms with van der Waals surface area (Å²) in [6, 6.07) is 15.9. The molecule has 0 bridgehead atoms. The van der Waals surface area contributed by atoms with Gasteiger partial charge in [-0.1, -0.05) is 30.3 Å². The molecule has 2 aromatic carbocycles. The lowest BCUT2D eigenvalue weighted by atomic mass is 10.0. The van der Waals surface area contributed by atoms with E-state index in [4.69, 9.17) is 4.42 Å². The fourth-order valence-electron chi connectivity index (χ4n) is 2.99. The van der Waals surface area contributed by atoms with Crippen LogP contribution in [0.15, 0.2) is 70.3 Å². The van der Waals surface area contributed by atoms with Gasteiger partial charge in [-0.3, -0.25) is 4.99 Å². The molecule has 3 N–H and O–H groups in total. The maximum absolute atomic E-state index is 13.1. The summed E-state index contributed by atoms with van der Waals surface area (Å²) in [7, 11) is 0. The Morgan fingerprint density at radius 3 is 2.55 bits per heavy atom. The lowest BCUT2D eigenvalue weighted by Crippen LogP contribution is -2.38. The standard InChI is InChI=1S/C23H27FN4O2.HI/c1-2-25-23(27-14-19(15-29)17-6-4-3-5-7-17)26-13-12-21-16-30-22(28-21)18-8-10-20(24)11-9-18;/h3-11,16,19,29H,2,12-15H2,1H3,(H2,25,26,27);1H. The maximum Gasteiger partial charge on any atom is 0.226 e. The van der Waals surface area contributed by atoms with Crippen LogP contribution in [0.3, 0.4) is 0 Å². The van der Waals surface area contributed by atoms with Crippen molar-refractivity contribution >= 4 is 29.9 Å². The van der Waals surface area contributed by atoms with Crippen molar-refractivity contribution in [3.05, 3.63) is 77.9 Å². The van der Waals surface area contributed by atoms with Crippen LogP contribution in [-0.2, 0) is 6.42 Å². The van der Waals surface area contributed by atoms with Gasteiger partial charge in [-0.2, -0.15) is 0 Å². The predicted molar refractivity (Wildman–Crippen MR) is 131 cm³/mol. The third-order valence-electron chi connectivity index (χ3n) is 4.62. The van der Waals surface area contributed by atoms with Gasteiger partial charge in [-0.05, 0) is 36.8 Å². The molecule has 31 heavy (non-hydrogen) atoms. The van der Waals surface area contributed by atoms with Gasteiger partial charge in [0.25, 0.3) is 0 Å². The minimum absolute atomic E-state index is 0. The zero-order chi connectivity index (χ0) is 21.2. The molecule has 0 aliphatic rings. The number of nitrogens with one attached hydrogen (secondary N) is 2. The van der Waals surface area contributed by atoms with E-state index in [1.54, 1.807) is 18.4 Å². The minimum atomic E-state index is -0.291. The van der Waals surface area contributed by atoms with Crippen molar-refractivity contribution in [3.8, 4) is 11.5 Å². The van der Waals surface area contributed by atoms with E-state index in [-0.39, 0.29) is 42.3 Å². The average molecular weight is 538 g/mol. The molecular formula is C23H28FIN4O2. The molecule has 0 aliphatic carbocycles. The molecule has 0 amide bonds. The topological polar surface area (TPSA) is 82.7 Å². The third kappa shape index (κ3) is 7.62. The molecule has 8 heteroatoms. The highest BCUT2D eigenvalue weighted by molar-refractivity contribution is 14.0. The molecule has 1 unspecified atom stereocenters. The number of aliphatic hydroxyl groups excluding tert-OH is 1. The number of hydrogen-bond acceptors (Lipinski definition) is 4. The van der Waals surface area contributed by atoms with E-state index in [9.17, 15) is 9.50 Å². The fraction of sp³-hybridized carbons (Fsp3) is 0.304. The Morgan fingerprint density at radius 2 is 1.87 bits per heavy atom. The quantitative estimate of drug-likeness (QED) is 0.218. The van der Waals surface area contributed by atoms with Crippen LogP contribution < -0.4 is 10.6 Å². The summed E-state index contributed by atoms with van der Waals surface area (Å²) in [6.45, 7) is 3.88. The summed E-state index contributed by atoms with van der Waals surface area (Å²) >= 11 is 0. The second-order valence-corrected chi connectivity index (χ2v) is 6.84. The molecule has 0 spiro atoms. The Morgan fingerprint density at radius 1 is 1.13 bits per heavy atom. The fourth-order valence-corrected chi connectivity index (χ4v) is 2.99. The summed E-state index contributed by atoms with van der Waals surface area (Å²) in [5, 5.41) is 16.2. The summed E-state index contributed by atoms with van der Waals surface area (Å²) in [6.07, 6.45) is 2.26. The summed E-state index contributed by atoms with van der Waals surface area (Å²) < 4.78 is 18.6. The number of hydrogen-bond donors (Lipinski definition) is 3. The van der Waals surface area contributed by atoms with E-state index >= 15 is 0 Å². The number of halogens is 2. The van der Waals surface area contributed by atoms with Gasteiger partial charge in [0.2, 0.25) is 5.89 Å². The van der Waals surface area contributed by atoms with Crippen LogP contribution in [0.4, 0.5) is 4.39 Å². The summed E-state index contributed by atoms with van der Waals surface area (Å²) in [5.41, 5.74) is 2.60. The number of benzene rings is 2. The van der Waals surface area contributed by atoms with Crippen molar-refractivity contribution in [1.29, 1.82) is 0 Å². The Kier molecular flexibility index (Phi) is 10.5. The normalized spacial score (nSPS) is 12.2. The van der Waals surface area contributed by atoms with Crippen molar-refractivity contribution in [2.75, 3.05) is 26.2 Å². The third-order valence-corrected chi connectivity index (χ3v) is 4.62. The van der Waals surface area contributed by atoms with Crippen LogP contribution in [0.5, 0.6) is 0 Å². The number of guanidine groups is 1. The number of aliphatic imine (C=N–C) groups is 1. The Labute approximate surface area is 199 Å². The second kappa shape index (κ2) is 13.1. The number of oxazole rings is 1. The first kappa shape index (κ1) is 24.8. The predicted octanol–water partition coefficient (Wildman–Crippen LogP) is 3.97. The van der Waals surface area contributed by atoms with Gasteiger partial charge in [0.1, 0.15) is 12.1 Å². The number of aromatic nitrogens is 1. The summed E-state index contributed by atoms with van der Waals surface area (Å²) in [5.74, 6) is 0.824. The largest absolute Gasteiger partial charge is 0.444 e. The Balaban J connectivity index is 0.00000341. The van der Waals surface area contributed by atoms with Crippen molar-refractivity contribution < 1.29 is 13.9 Å². The molecule has 0 fully saturated rings. The van der Waals surface area contributed by atoms with Crippen molar-refractivity contribution in [1.82, 2.24) is 15.6 Å². The molecule has 0 radical (unpaired) electrons. The number of aliphatic hydroxyl groups is 1. The van der Waals surface area contributed by atoms with Crippen molar-refractivity contribution in [2.45, 2.75) is 19.3 Å². The molecule has 3 rings (SSSR count). The van der Waals surface area contributed by atoms with Crippen LogP contribution in [-0.4, -0.2) is 42.3 Å². The van der Waals surface area contributed by atoms with Crippen LogP contribution in [0.2, 0.25) is 0 Å². The molecule has 0 saturated carbocycles. The first-order valence-corrected chi connectivity index (χ1v) is 10.1. The molecule has 1 atom stereocenters. The van der Waals surface area contributed by atoms with Crippen LogP contribution in [0.25, 0.3) is 11.5 Å². The lowest BCUT2D eigenvalue weighted by molar-refractivity contribution is 0.268. The van der Waals surface area contributed by atoms with E-state index in [1.165, 1.54) is 12.1 Å².